The Morgan fingerprint density at radius 2 is 2.05 bits per heavy atom. The smallest absolute Gasteiger partial charge is 0.341 e. The molecular weight excluding hydrogens is 278 g/mol. The molecule has 0 spiro atoms. The lowest BCUT2D eigenvalue weighted by atomic mass is 10.2. The first kappa shape index (κ1) is 14.3. The molecule has 2 rings (SSSR count). The highest BCUT2D eigenvalue weighted by Crippen LogP contribution is 2.18. The summed E-state index contributed by atoms with van der Waals surface area (Å²) in [5, 5.41) is 11.1. The van der Waals surface area contributed by atoms with Crippen molar-refractivity contribution >= 4 is 17.6 Å². The number of carboxylic acid groups (broad SMARTS) is 1. The number of carbonyl (C=O) groups is 2. The Kier molecular flexibility index (Phi) is 4.35. The molecule has 1 aromatic heterocycles. The van der Waals surface area contributed by atoms with Crippen molar-refractivity contribution in [3.05, 3.63) is 58.6 Å². The lowest BCUT2D eigenvalue weighted by Crippen LogP contribution is -2.13. The molecule has 1 heterocycles. The molecule has 21 heavy (non-hydrogen) atoms. The number of nitrogens with one attached hydrogen (secondary N) is 1. The number of hydrogen-bond donors (Lipinski definition) is 2. The lowest BCUT2D eigenvalue weighted by molar-refractivity contribution is -0.139. The number of ether oxygens (including phenoxy) is 1. The SMILES string of the molecule is O=C(O)COc1cccc(NC(=O)c2ccc(=O)oc2)c1. The van der Waals surface area contributed by atoms with Gasteiger partial charge in [-0.15, -0.1) is 0 Å². The summed E-state index contributed by atoms with van der Waals surface area (Å²) < 4.78 is 9.60. The van der Waals surface area contributed by atoms with Crippen LogP contribution in [0, 0.1) is 0 Å². The lowest BCUT2D eigenvalue weighted by Gasteiger charge is -2.07. The summed E-state index contributed by atoms with van der Waals surface area (Å²) in [5.41, 5.74) is 0.0659. The molecule has 0 aliphatic carbocycles. The van der Waals surface area contributed by atoms with Gasteiger partial charge in [-0.25, -0.2) is 9.59 Å². The summed E-state index contributed by atoms with van der Waals surface area (Å²) in [6, 6.07) is 8.76. The Balaban J connectivity index is 2.06. The normalized spacial score (nSPS) is 9.90. The maximum atomic E-state index is 11.9. The third kappa shape index (κ3) is 4.20. The van der Waals surface area contributed by atoms with Gasteiger partial charge in [0.2, 0.25) is 0 Å². The first-order chi connectivity index (χ1) is 10.0. The first-order valence-electron chi connectivity index (χ1n) is 5.89. The molecule has 7 nitrogen and oxygen atoms in total. The topological polar surface area (TPSA) is 106 Å². The van der Waals surface area contributed by atoms with Crippen molar-refractivity contribution in [2.24, 2.45) is 0 Å². The molecule has 0 aliphatic rings. The summed E-state index contributed by atoms with van der Waals surface area (Å²) in [6.07, 6.45) is 1.06. The number of benzene rings is 1. The van der Waals surface area contributed by atoms with E-state index in [1.54, 1.807) is 18.2 Å². The molecule has 0 fully saturated rings. The van der Waals surface area contributed by atoms with Crippen molar-refractivity contribution in [2.45, 2.75) is 0 Å². The zero-order valence-electron chi connectivity index (χ0n) is 10.7. The van der Waals surface area contributed by atoms with Crippen LogP contribution in [0.25, 0.3) is 0 Å². The molecule has 2 N–H and O–H groups in total. The number of amides is 1. The van der Waals surface area contributed by atoms with E-state index in [9.17, 15) is 14.4 Å². The molecule has 0 atom stereocenters. The van der Waals surface area contributed by atoms with Crippen LogP contribution in [0.1, 0.15) is 10.4 Å². The predicted molar refractivity (Wildman–Crippen MR) is 72.5 cm³/mol. The Morgan fingerprint density at radius 3 is 2.71 bits per heavy atom. The molecule has 7 heteroatoms. The molecular formula is C14H11NO6. The van der Waals surface area contributed by atoms with Gasteiger partial charge >= 0.3 is 11.6 Å². The second kappa shape index (κ2) is 6.38. The van der Waals surface area contributed by atoms with Gasteiger partial charge in [-0.1, -0.05) is 6.07 Å². The summed E-state index contributed by atoms with van der Waals surface area (Å²) >= 11 is 0. The van der Waals surface area contributed by atoms with Crippen LogP contribution >= 0.6 is 0 Å². The maximum Gasteiger partial charge on any atom is 0.341 e. The van der Waals surface area contributed by atoms with Crippen LogP contribution in [-0.2, 0) is 4.79 Å². The fraction of sp³-hybridized carbons (Fsp3) is 0.0714. The second-order valence-corrected chi connectivity index (χ2v) is 4.01. The van der Waals surface area contributed by atoms with Crippen LogP contribution in [0.15, 0.2) is 51.9 Å². The van der Waals surface area contributed by atoms with Gasteiger partial charge < -0.3 is 19.6 Å². The minimum atomic E-state index is -1.09. The van der Waals surface area contributed by atoms with E-state index in [0.29, 0.717) is 11.4 Å². The van der Waals surface area contributed by atoms with E-state index in [0.717, 1.165) is 12.3 Å². The zero-order valence-corrected chi connectivity index (χ0v) is 10.7. The molecule has 0 saturated carbocycles. The van der Waals surface area contributed by atoms with E-state index in [4.69, 9.17) is 9.84 Å². The van der Waals surface area contributed by atoms with Gasteiger partial charge in [-0.05, 0) is 18.2 Å². The van der Waals surface area contributed by atoms with Crippen LogP contribution < -0.4 is 15.7 Å². The van der Waals surface area contributed by atoms with Crippen molar-refractivity contribution < 1.29 is 23.8 Å². The molecule has 0 unspecified atom stereocenters. The Bertz CT molecular complexity index is 701. The van der Waals surface area contributed by atoms with Crippen molar-refractivity contribution in [1.29, 1.82) is 0 Å². The first-order valence-corrected chi connectivity index (χ1v) is 5.89. The van der Waals surface area contributed by atoms with E-state index in [-0.39, 0.29) is 5.56 Å². The summed E-state index contributed by atoms with van der Waals surface area (Å²) in [6.45, 7) is -0.471. The van der Waals surface area contributed by atoms with E-state index >= 15 is 0 Å². The van der Waals surface area contributed by atoms with Crippen LogP contribution in [-0.4, -0.2) is 23.6 Å². The third-order valence-electron chi connectivity index (χ3n) is 2.42. The van der Waals surface area contributed by atoms with Gasteiger partial charge in [0.05, 0.1) is 5.56 Å². The molecule has 0 saturated heterocycles. The summed E-state index contributed by atoms with van der Waals surface area (Å²) in [4.78, 5) is 33.1. The summed E-state index contributed by atoms with van der Waals surface area (Å²) in [7, 11) is 0. The average molecular weight is 289 g/mol. The van der Waals surface area contributed by atoms with Gasteiger partial charge in [0.1, 0.15) is 12.0 Å². The van der Waals surface area contributed by atoms with Crippen LogP contribution in [0.2, 0.25) is 0 Å². The molecule has 1 amide bonds. The molecule has 0 aliphatic heterocycles. The number of aliphatic carboxylic acids is 1. The van der Waals surface area contributed by atoms with Gasteiger partial charge in [-0.2, -0.15) is 0 Å². The highest BCUT2D eigenvalue weighted by atomic mass is 16.5. The van der Waals surface area contributed by atoms with Crippen molar-refractivity contribution in [3.63, 3.8) is 0 Å². The third-order valence-corrected chi connectivity index (χ3v) is 2.42. The maximum absolute atomic E-state index is 11.9. The second-order valence-electron chi connectivity index (χ2n) is 4.01. The highest BCUT2D eigenvalue weighted by molar-refractivity contribution is 6.03. The number of rotatable bonds is 5. The number of anilines is 1. The minimum Gasteiger partial charge on any atom is -0.482 e. The predicted octanol–water partition coefficient (Wildman–Crippen LogP) is 1.36. The van der Waals surface area contributed by atoms with Gasteiger partial charge in [0.15, 0.2) is 6.61 Å². The molecule has 0 radical (unpaired) electrons. The van der Waals surface area contributed by atoms with E-state index in [2.05, 4.69) is 9.73 Å². The number of carboxylic acids is 1. The van der Waals surface area contributed by atoms with Crippen LogP contribution in [0.4, 0.5) is 5.69 Å². The van der Waals surface area contributed by atoms with Gasteiger partial charge in [0.25, 0.3) is 5.91 Å². The van der Waals surface area contributed by atoms with Crippen LogP contribution in [0.3, 0.4) is 0 Å². The fourth-order valence-electron chi connectivity index (χ4n) is 1.50. The zero-order chi connectivity index (χ0) is 15.2. The molecule has 108 valence electrons. The largest absolute Gasteiger partial charge is 0.482 e. The Labute approximate surface area is 118 Å². The van der Waals surface area contributed by atoms with Crippen LogP contribution in [0.5, 0.6) is 5.75 Å². The monoisotopic (exact) mass is 289 g/mol. The average Bonchev–Trinajstić information content (AvgIpc) is 2.46. The molecule has 2 aromatic rings. The fourth-order valence-corrected chi connectivity index (χ4v) is 1.50. The summed E-state index contributed by atoms with van der Waals surface area (Å²) in [5.74, 6) is -1.24. The Hall–Kier alpha value is -3.09. The van der Waals surface area contributed by atoms with Crippen molar-refractivity contribution in [2.75, 3.05) is 11.9 Å². The molecule has 0 bridgehead atoms. The van der Waals surface area contributed by atoms with Gasteiger partial charge in [-0.3, -0.25) is 4.79 Å². The standard InChI is InChI=1S/C14H11NO6/c16-12(17)8-20-11-3-1-2-10(6-11)15-14(19)9-4-5-13(18)21-7-9/h1-7H,8H2,(H,15,19)(H,16,17). The number of hydrogen-bond acceptors (Lipinski definition) is 5. The molecule has 1 aromatic carbocycles. The quantitative estimate of drug-likeness (QED) is 0.860. The highest BCUT2D eigenvalue weighted by Gasteiger charge is 2.08. The van der Waals surface area contributed by atoms with E-state index < -0.39 is 24.1 Å². The Morgan fingerprint density at radius 1 is 1.24 bits per heavy atom. The minimum absolute atomic E-state index is 0.187. The number of carbonyl (C=O) groups excluding carboxylic acids is 1. The van der Waals surface area contributed by atoms with Gasteiger partial charge in [0, 0.05) is 17.8 Å². The van der Waals surface area contributed by atoms with Crippen molar-refractivity contribution in [3.8, 4) is 5.75 Å². The van der Waals surface area contributed by atoms with E-state index in [1.165, 1.54) is 12.1 Å². The van der Waals surface area contributed by atoms with Crippen molar-refractivity contribution in [1.82, 2.24) is 0 Å². The van der Waals surface area contributed by atoms with E-state index in [1.807, 2.05) is 0 Å².